The molecule has 2 aromatic carbocycles. The number of amides is 1. The first kappa shape index (κ1) is 20.7. The summed E-state index contributed by atoms with van der Waals surface area (Å²) in [6.45, 7) is 6.30. The molecule has 1 saturated heterocycles. The zero-order valence-corrected chi connectivity index (χ0v) is 17.8. The zero-order chi connectivity index (χ0) is 22.1. The van der Waals surface area contributed by atoms with Gasteiger partial charge in [-0.1, -0.05) is 67.9 Å². The lowest BCUT2D eigenvalue weighted by molar-refractivity contribution is -0.140. The Kier molecular flexibility index (Phi) is 5.51. The van der Waals surface area contributed by atoms with Crippen LogP contribution < -0.4 is 0 Å². The second kappa shape index (κ2) is 8.26. The highest BCUT2D eigenvalue weighted by atomic mass is 16.3. The minimum absolute atomic E-state index is 0.0951. The Morgan fingerprint density at radius 3 is 2.29 bits per heavy atom. The first-order valence-corrected chi connectivity index (χ1v) is 10.3. The number of hydrogen-bond donors (Lipinski definition) is 1. The molecule has 1 fully saturated rings. The summed E-state index contributed by atoms with van der Waals surface area (Å²) in [5.74, 6) is -0.582. The molecule has 5 heteroatoms. The fourth-order valence-electron chi connectivity index (χ4n) is 3.89. The molecule has 1 aromatic heterocycles. The van der Waals surface area contributed by atoms with Crippen molar-refractivity contribution < 1.29 is 19.1 Å². The molecule has 1 amide bonds. The van der Waals surface area contributed by atoms with E-state index in [1.807, 2.05) is 43.3 Å². The second-order valence-electron chi connectivity index (χ2n) is 8.19. The van der Waals surface area contributed by atoms with Gasteiger partial charge in [-0.15, -0.1) is 0 Å². The average molecular weight is 415 g/mol. The largest absolute Gasteiger partial charge is 0.507 e. The predicted molar refractivity (Wildman–Crippen MR) is 118 cm³/mol. The van der Waals surface area contributed by atoms with Gasteiger partial charge in [-0.05, 0) is 36.1 Å². The van der Waals surface area contributed by atoms with Crippen molar-refractivity contribution in [3.8, 4) is 0 Å². The first-order chi connectivity index (χ1) is 14.9. The van der Waals surface area contributed by atoms with E-state index in [1.54, 1.807) is 24.3 Å². The molecule has 1 unspecified atom stereocenters. The number of aliphatic hydroxyl groups excluding tert-OH is 1. The number of aliphatic hydroxyl groups is 1. The highest BCUT2D eigenvalue weighted by Crippen LogP contribution is 2.40. The minimum atomic E-state index is -0.701. The van der Waals surface area contributed by atoms with Crippen molar-refractivity contribution in [2.24, 2.45) is 0 Å². The van der Waals surface area contributed by atoms with E-state index in [4.69, 9.17) is 4.42 Å². The summed E-state index contributed by atoms with van der Waals surface area (Å²) in [6, 6.07) is 17.9. The molecule has 31 heavy (non-hydrogen) atoms. The lowest BCUT2D eigenvalue weighted by Crippen LogP contribution is -2.29. The summed E-state index contributed by atoms with van der Waals surface area (Å²) < 4.78 is 5.42. The topological polar surface area (TPSA) is 70.8 Å². The summed E-state index contributed by atoms with van der Waals surface area (Å²) >= 11 is 0. The van der Waals surface area contributed by atoms with Gasteiger partial charge in [-0.3, -0.25) is 9.59 Å². The highest BCUT2D eigenvalue weighted by Gasteiger charge is 2.46. The number of nitrogens with zero attached hydrogens (tertiary/aromatic N) is 1. The Hall–Kier alpha value is -3.60. The lowest BCUT2D eigenvalue weighted by atomic mass is 9.93. The molecule has 1 aliphatic heterocycles. The smallest absolute Gasteiger partial charge is 0.296 e. The van der Waals surface area contributed by atoms with Gasteiger partial charge in [0.1, 0.15) is 11.5 Å². The van der Waals surface area contributed by atoms with Crippen molar-refractivity contribution in [3.05, 3.63) is 101 Å². The number of benzene rings is 2. The van der Waals surface area contributed by atoms with Crippen LogP contribution in [0.4, 0.5) is 0 Å². The summed E-state index contributed by atoms with van der Waals surface area (Å²) in [6.07, 6.45) is 1.53. The molecule has 1 aliphatic rings. The number of ketones is 1. The summed E-state index contributed by atoms with van der Waals surface area (Å²) in [5, 5.41) is 11.1. The summed E-state index contributed by atoms with van der Waals surface area (Å²) in [7, 11) is 0. The molecule has 0 bridgehead atoms. The fourth-order valence-corrected chi connectivity index (χ4v) is 3.89. The molecular formula is C26H25NO4. The summed E-state index contributed by atoms with van der Waals surface area (Å²) in [5.41, 5.74) is 3.56. The number of rotatable bonds is 5. The van der Waals surface area contributed by atoms with Crippen LogP contribution in [0, 0.1) is 6.92 Å². The third-order valence-electron chi connectivity index (χ3n) is 5.69. The molecule has 2 heterocycles. The van der Waals surface area contributed by atoms with Crippen LogP contribution in [0.3, 0.4) is 0 Å². The Morgan fingerprint density at radius 2 is 1.71 bits per heavy atom. The van der Waals surface area contributed by atoms with Crippen LogP contribution in [0.15, 0.2) is 76.9 Å². The van der Waals surface area contributed by atoms with E-state index >= 15 is 0 Å². The van der Waals surface area contributed by atoms with Crippen LogP contribution in [0.5, 0.6) is 0 Å². The monoisotopic (exact) mass is 415 g/mol. The molecule has 3 aromatic rings. The van der Waals surface area contributed by atoms with E-state index in [-0.39, 0.29) is 17.9 Å². The third-order valence-corrected chi connectivity index (χ3v) is 5.69. The molecule has 1 N–H and O–H groups in total. The van der Waals surface area contributed by atoms with Gasteiger partial charge in [0.2, 0.25) is 0 Å². The molecule has 4 rings (SSSR count). The number of aryl methyl sites for hydroxylation is 1. The number of carbonyl (C=O) groups is 2. The minimum Gasteiger partial charge on any atom is -0.507 e. The van der Waals surface area contributed by atoms with Gasteiger partial charge in [0, 0.05) is 5.56 Å². The van der Waals surface area contributed by atoms with E-state index in [0.717, 1.165) is 16.7 Å². The normalized spacial score (nSPS) is 18.2. The standard InChI is InChI=1S/C26H25NO4/c1-16(2)18-10-12-19(13-11-18)23-22(24(28)20-8-6-17(3)7-9-20)25(29)26(30)27(23)15-21-5-4-14-31-21/h4-14,16,23,28H,15H2,1-3H3/b24-22-. The zero-order valence-electron chi connectivity index (χ0n) is 17.8. The van der Waals surface area contributed by atoms with Crippen molar-refractivity contribution in [1.29, 1.82) is 0 Å². The van der Waals surface area contributed by atoms with Crippen LogP contribution in [0.1, 0.15) is 53.8 Å². The summed E-state index contributed by atoms with van der Waals surface area (Å²) in [4.78, 5) is 27.5. The van der Waals surface area contributed by atoms with Crippen molar-refractivity contribution in [3.63, 3.8) is 0 Å². The van der Waals surface area contributed by atoms with E-state index in [9.17, 15) is 14.7 Å². The van der Waals surface area contributed by atoms with E-state index in [2.05, 4.69) is 13.8 Å². The van der Waals surface area contributed by atoms with Gasteiger partial charge in [0.05, 0.1) is 24.4 Å². The van der Waals surface area contributed by atoms with Crippen molar-refractivity contribution in [2.75, 3.05) is 0 Å². The number of Topliss-reactive ketones (excluding diaryl/α,β-unsaturated/α-hetero) is 1. The van der Waals surface area contributed by atoms with Gasteiger partial charge in [-0.25, -0.2) is 0 Å². The number of carbonyl (C=O) groups excluding carboxylic acids is 2. The first-order valence-electron chi connectivity index (χ1n) is 10.3. The van der Waals surface area contributed by atoms with Crippen LogP contribution >= 0.6 is 0 Å². The van der Waals surface area contributed by atoms with Gasteiger partial charge in [0.25, 0.3) is 11.7 Å². The van der Waals surface area contributed by atoms with Crippen molar-refractivity contribution in [2.45, 2.75) is 39.3 Å². The van der Waals surface area contributed by atoms with Crippen molar-refractivity contribution in [1.82, 2.24) is 4.90 Å². The lowest BCUT2D eigenvalue weighted by Gasteiger charge is -2.25. The van der Waals surface area contributed by atoms with Gasteiger partial charge in [-0.2, -0.15) is 0 Å². The molecule has 0 aliphatic carbocycles. The molecule has 158 valence electrons. The SMILES string of the molecule is Cc1ccc(/C(O)=C2/C(=O)C(=O)N(Cc3ccco3)C2c2ccc(C(C)C)cc2)cc1. The fraction of sp³-hybridized carbons (Fsp3) is 0.231. The van der Waals surface area contributed by atoms with Gasteiger partial charge in [0.15, 0.2) is 0 Å². The van der Waals surface area contributed by atoms with Gasteiger partial charge < -0.3 is 14.4 Å². The third kappa shape index (κ3) is 3.91. The molecule has 0 radical (unpaired) electrons. The molecular weight excluding hydrogens is 390 g/mol. The maximum absolute atomic E-state index is 13.0. The van der Waals surface area contributed by atoms with Crippen LogP contribution in [0.25, 0.3) is 5.76 Å². The predicted octanol–water partition coefficient (Wildman–Crippen LogP) is 5.33. The van der Waals surface area contributed by atoms with Gasteiger partial charge >= 0.3 is 0 Å². The number of hydrogen-bond acceptors (Lipinski definition) is 4. The Morgan fingerprint density at radius 1 is 1.03 bits per heavy atom. The number of furan rings is 1. The second-order valence-corrected chi connectivity index (χ2v) is 8.19. The Bertz CT molecular complexity index is 1120. The highest BCUT2D eigenvalue weighted by molar-refractivity contribution is 6.46. The van der Waals surface area contributed by atoms with E-state index < -0.39 is 17.7 Å². The Balaban J connectivity index is 1.84. The Labute approximate surface area is 181 Å². The average Bonchev–Trinajstić information content (AvgIpc) is 3.36. The molecule has 5 nitrogen and oxygen atoms in total. The molecule has 0 saturated carbocycles. The van der Waals surface area contributed by atoms with E-state index in [1.165, 1.54) is 11.2 Å². The quantitative estimate of drug-likeness (QED) is 0.347. The van der Waals surface area contributed by atoms with Crippen molar-refractivity contribution >= 4 is 17.4 Å². The molecule has 1 atom stereocenters. The maximum Gasteiger partial charge on any atom is 0.296 e. The maximum atomic E-state index is 13.0. The van der Waals surface area contributed by atoms with E-state index in [0.29, 0.717) is 17.2 Å². The van der Waals surface area contributed by atoms with Crippen LogP contribution in [-0.4, -0.2) is 21.7 Å². The number of likely N-dealkylation sites (tertiary alicyclic amines) is 1. The molecule has 0 spiro atoms. The van der Waals surface area contributed by atoms with Crippen LogP contribution in [-0.2, 0) is 16.1 Å². The van der Waals surface area contributed by atoms with Crippen LogP contribution in [0.2, 0.25) is 0 Å².